The lowest BCUT2D eigenvalue weighted by atomic mass is 10.2. The summed E-state index contributed by atoms with van der Waals surface area (Å²) in [5, 5.41) is 12.6. The Hall–Kier alpha value is -2.22. The molecule has 1 aliphatic rings. The zero-order chi connectivity index (χ0) is 18.9. The van der Waals surface area contributed by atoms with Gasteiger partial charge in [-0.25, -0.2) is 13.4 Å². The van der Waals surface area contributed by atoms with Crippen molar-refractivity contribution >= 4 is 21.4 Å². The average molecular weight is 401 g/mol. The van der Waals surface area contributed by atoms with Crippen molar-refractivity contribution in [2.24, 2.45) is 0 Å². The van der Waals surface area contributed by atoms with E-state index >= 15 is 0 Å². The predicted octanol–water partition coefficient (Wildman–Crippen LogP) is 4.36. The molecule has 5 nitrogen and oxygen atoms in total. The van der Waals surface area contributed by atoms with Crippen LogP contribution in [0.5, 0.6) is 5.75 Å². The number of phenolic OH excluding ortho intramolecular Hbond substituents is 1. The molecular formula is C20H20N2O3S2. The van der Waals surface area contributed by atoms with Crippen LogP contribution in [0.25, 0.3) is 21.8 Å². The molecule has 0 aliphatic carbocycles. The molecule has 0 unspecified atom stereocenters. The van der Waals surface area contributed by atoms with E-state index in [1.54, 1.807) is 40.7 Å². The number of sulfonamides is 1. The fourth-order valence-electron chi connectivity index (χ4n) is 3.24. The molecule has 0 spiro atoms. The number of piperidine rings is 1. The molecule has 3 aromatic rings. The lowest BCUT2D eigenvalue weighted by molar-refractivity contribution is 0.346. The smallest absolute Gasteiger partial charge is 0.243 e. The molecule has 0 saturated carbocycles. The molecule has 0 atom stereocenters. The van der Waals surface area contributed by atoms with E-state index in [2.05, 4.69) is 4.98 Å². The van der Waals surface area contributed by atoms with Crippen LogP contribution in [0.3, 0.4) is 0 Å². The number of para-hydroxylation sites is 1. The van der Waals surface area contributed by atoms with Crippen molar-refractivity contribution in [3.8, 4) is 27.6 Å². The molecule has 0 amide bonds. The molecule has 1 N–H and O–H groups in total. The van der Waals surface area contributed by atoms with Gasteiger partial charge in [0.15, 0.2) is 0 Å². The Bertz CT molecular complexity index is 1040. The average Bonchev–Trinajstić information content (AvgIpc) is 3.19. The first-order valence-corrected chi connectivity index (χ1v) is 11.2. The summed E-state index contributed by atoms with van der Waals surface area (Å²) in [5.74, 6) is 0.196. The SMILES string of the molecule is O=S(=O)(c1ccc(-c2csc(-c3ccccc3O)n2)cc1)N1CCCCC1. The fraction of sp³-hybridized carbons (Fsp3) is 0.250. The molecular weight excluding hydrogens is 380 g/mol. The zero-order valence-corrected chi connectivity index (χ0v) is 16.3. The highest BCUT2D eigenvalue weighted by Gasteiger charge is 2.25. The van der Waals surface area contributed by atoms with Crippen molar-refractivity contribution in [3.05, 3.63) is 53.9 Å². The van der Waals surface area contributed by atoms with Crippen LogP contribution in [0.4, 0.5) is 0 Å². The van der Waals surface area contributed by atoms with Gasteiger partial charge in [0.25, 0.3) is 0 Å². The minimum absolute atomic E-state index is 0.196. The van der Waals surface area contributed by atoms with Gasteiger partial charge in [-0.15, -0.1) is 11.3 Å². The largest absolute Gasteiger partial charge is 0.507 e. The lowest BCUT2D eigenvalue weighted by Gasteiger charge is -2.25. The predicted molar refractivity (Wildman–Crippen MR) is 107 cm³/mol. The number of thiazole rings is 1. The molecule has 7 heteroatoms. The van der Waals surface area contributed by atoms with E-state index in [0.29, 0.717) is 23.5 Å². The zero-order valence-electron chi connectivity index (χ0n) is 14.7. The molecule has 1 fully saturated rings. The third-order valence-corrected chi connectivity index (χ3v) is 7.53. The van der Waals surface area contributed by atoms with E-state index in [1.807, 2.05) is 17.5 Å². The first kappa shape index (κ1) is 18.2. The highest BCUT2D eigenvalue weighted by Crippen LogP contribution is 2.34. The van der Waals surface area contributed by atoms with Crippen LogP contribution >= 0.6 is 11.3 Å². The summed E-state index contributed by atoms with van der Waals surface area (Å²) in [7, 11) is -3.42. The molecule has 2 aromatic carbocycles. The topological polar surface area (TPSA) is 70.5 Å². The van der Waals surface area contributed by atoms with Crippen LogP contribution in [-0.2, 0) is 10.0 Å². The standard InChI is InChI=1S/C20H20N2O3S2/c23-19-7-3-2-6-17(19)20-21-18(14-26-20)15-8-10-16(11-9-15)27(24,25)22-12-4-1-5-13-22/h2-3,6-11,14,23H,1,4-5,12-13H2. The van der Waals surface area contributed by atoms with Crippen LogP contribution in [0.1, 0.15) is 19.3 Å². The molecule has 0 radical (unpaired) electrons. The number of rotatable bonds is 4. The monoisotopic (exact) mass is 400 g/mol. The van der Waals surface area contributed by atoms with Crippen LogP contribution in [0.2, 0.25) is 0 Å². The molecule has 27 heavy (non-hydrogen) atoms. The number of hydrogen-bond donors (Lipinski definition) is 1. The Kier molecular flexibility index (Phi) is 4.99. The van der Waals surface area contributed by atoms with Crippen molar-refractivity contribution in [2.45, 2.75) is 24.2 Å². The second-order valence-corrected chi connectivity index (χ2v) is 9.34. The molecule has 2 heterocycles. The van der Waals surface area contributed by atoms with Gasteiger partial charge in [0.1, 0.15) is 10.8 Å². The second kappa shape index (κ2) is 7.42. The van der Waals surface area contributed by atoms with Gasteiger partial charge in [-0.1, -0.05) is 30.7 Å². The van der Waals surface area contributed by atoms with Crippen molar-refractivity contribution in [1.82, 2.24) is 9.29 Å². The molecule has 4 rings (SSSR count). The van der Waals surface area contributed by atoms with Gasteiger partial charge in [-0.05, 0) is 37.1 Å². The Morgan fingerprint density at radius 1 is 0.963 bits per heavy atom. The van der Waals surface area contributed by atoms with Crippen LogP contribution in [0.15, 0.2) is 58.8 Å². The summed E-state index contributed by atoms with van der Waals surface area (Å²) in [4.78, 5) is 4.92. The van der Waals surface area contributed by atoms with Crippen molar-refractivity contribution in [2.75, 3.05) is 13.1 Å². The van der Waals surface area contributed by atoms with Crippen LogP contribution in [-0.4, -0.2) is 35.9 Å². The highest BCUT2D eigenvalue weighted by atomic mass is 32.2. The van der Waals surface area contributed by atoms with E-state index in [0.717, 1.165) is 35.5 Å². The maximum Gasteiger partial charge on any atom is 0.243 e. The van der Waals surface area contributed by atoms with Gasteiger partial charge in [0.05, 0.1) is 16.2 Å². The van der Waals surface area contributed by atoms with E-state index < -0.39 is 10.0 Å². The number of nitrogens with zero attached hydrogens (tertiary/aromatic N) is 2. The summed E-state index contributed by atoms with van der Waals surface area (Å²) in [5.41, 5.74) is 2.31. The molecule has 1 saturated heterocycles. The van der Waals surface area contributed by atoms with E-state index in [1.165, 1.54) is 11.3 Å². The Morgan fingerprint density at radius 3 is 2.37 bits per heavy atom. The molecule has 1 aliphatic heterocycles. The van der Waals surface area contributed by atoms with Gasteiger partial charge < -0.3 is 5.11 Å². The number of aromatic nitrogens is 1. The van der Waals surface area contributed by atoms with Gasteiger partial charge in [0.2, 0.25) is 10.0 Å². The second-order valence-electron chi connectivity index (χ2n) is 6.54. The maximum absolute atomic E-state index is 12.7. The summed E-state index contributed by atoms with van der Waals surface area (Å²) in [6, 6.07) is 14.0. The van der Waals surface area contributed by atoms with Gasteiger partial charge in [0, 0.05) is 24.0 Å². The normalized spacial score (nSPS) is 15.7. The Balaban J connectivity index is 1.59. The van der Waals surface area contributed by atoms with Crippen molar-refractivity contribution in [1.29, 1.82) is 0 Å². The number of aromatic hydroxyl groups is 1. The van der Waals surface area contributed by atoms with E-state index in [-0.39, 0.29) is 5.75 Å². The van der Waals surface area contributed by atoms with Gasteiger partial charge in [-0.3, -0.25) is 0 Å². The lowest BCUT2D eigenvalue weighted by Crippen LogP contribution is -2.35. The molecule has 140 valence electrons. The summed E-state index contributed by atoms with van der Waals surface area (Å²) in [6.07, 6.45) is 2.94. The minimum Gasteiger partial charge on any atom is -0.507 e. The number of benzene rings is 2. The number of phenols is 1. The number of hydrogen-bond acceptors (Lipinski definition) is 5. The maximum atomic E-state index is 12.7. The summed E-state index contributed by atoms with van der Waals surface area (Å²) >= 11 is 1.45. The third kappa shape index (κ3) is 3.63. The van der Waals surface area contributed by atoms with Crippen LogP contribution in [0, 0.1) is 0 Å². The highest BCUT2D eigenvalue weighted by molar-refractivity contribution is 7.89. The van der Waals surface area contributed by atoms with E-state index in [9.17, 15) is 13.5 Å². The minimum atomic E-state index is -3.42. The molecule has 1 aromatic heterocycles. The summed E-state index contributed by atoms with van der Waals surface area (Å²) < 4.78 is 27.1. The first-order valence-electron chi connectivity index (χ1n) is 8.90. The van der Waals surface area contributed by atoms with Crippen molar-refractivity contribution < 1.29 is 13.5 Å². The Morgan fingerprint density at radius 2 is 1.67 bits per heavy atom. The van der Waals surface area contributed by atoms with Gasteiger partial charge in [-0.2, -0.15) is 4.31 Å². The summed E-state index contributed by atoms with van der Waals surface area (Å²) in [6.45, 7) is 1.19. The van der Waals surface area contributed by atoms with E-state index in [4.69, 9.17) is 0 Å². The van der Waals surface area contributed by atoms with Gasteiger partial charge >= 0.3 is 0 Å². The van der Waals surface area contributed by atoms with Crippen LogP contribution < -0.4 is 0 Å². The van der Waals surface area contributed by atoms with Crippen molar-refractivity contribution in [3.63, 3.8) is 0 Å². The fourth-order valence-corrected chi connectivity index (χ4v) is 5.62. The Labute approximate surface area is 163 Å². The molecule has 0 bridgehead atoms. The third-order valence-electron chi connectivity index (χ3n) is 4.74. The first-order chi connectivity index (χ1) is 13.1. The quantitative estimate of drug-likeness (QED) is 0.706.